The topological polar surface area (TPSA) is 0 Å². The summed E-state index contributed by atoms with van der Waals surface area (Å²) in [4.78, 5) is 0. The molecule has 0 aliphatic rings. The van der Waals surface area contributed by atoms with Crippen molar-refractivity contribution >= 4 is 0 Å². The fourth-order valence-electron chi connectivity index (χ4n) is 1.49. The normalized spacial score (nSPS) is 10.3. The van der Waals surface area contributed by atoms with Gasteiger partial charge in [0.05, 0.1) is 0 Å². The molecule has 0 unspecified atom stereocenters. The fourth-order valence-corrected chi connectivity index (χ4v) is 1.49. The van der Waals surface area contributed by atoms with Crippen molar-refractivity contribution in [2.45, 2.75) is 33.6 Å². The molecule has 0 aromatic heterocycles. The zero-order valence-corrected chi connectivity index (χ0v) is 7.95. The highest BCUT2D eigenvalue weighted by atomic mass is 19.1. The third-order valence-corrected chi connectivity index (χ3v) is 2.27. The maximum absolute atomic E-state index is 13.4. The van der Waals surface area contributed by atoms with Crippen LogP contribution in [0, 0.1) is 12.7 Å². The second-order valence-electron chi connectivity index (χ2n) is 3.04. The van der Waals surface area contributed by atoms with Crippen molar-refractivity contribution < 1.29 is 4.39 Å². The quantitative estimate of drug-likeness (QED) is 0.632. The maximum atomic E-state index is 13.4. The molecule has 0 aliphatic heterocycles. The monoisotopic (exact) mass is 166 g/mol. The molecular formula is C11H15F. The van der Waals surface area contributed by atoms with Crippen molar-refractivity contribution in [2.75, 3.05) is 0 Å². The van der Waals surface area contributed by atoms with Gasteiger partial charge in [0.2, 0.25) is 0 Å². The van der Waals surface area contributed by atoms with E-state index >= 15 is 0 Å². The smallest absolute Gasteiger partial charge is 0.129 e. The van der Waals surface area contributed by atoms with E-state index in [1.165, 1.54) is 0 Å². The summed E-state index contributed by atoms with van der Waals surface area (Å²) in [6.07, 6.45) is 1.71. The Bertz CT molecular complexity index is 277. The molecule has 0 amide bonds. The Morgan fingerprint density at radius 3 is 2.33 bits per heavy atom. The summed E-state index contributed by atoms with van der Waals surface area (Å²) >= 11 is 0. The average molecular weight is 166 g/mol. The van der Waals surface area contributed by atoms with Crippen molar-refractivity contribution in [3.63, 3.8) is 0 Å². The van der Waals surface area contributed by atoms with Crippen LogP contribution in [-0.4, -0.2) is 0 Å². The first-order chi connectivity index (χ1) is 5.70. The molecule has 1 aromatic rings. The van der Waals surface area contributed by atoms with Gasteiger partial charge in [0, 0.05) is 0 Å². The van der Waals surface area contributed by atoms with E-state index in [0.29, 0.717) is 0 Å². The molecule has 66 valence electrons. The lowest BCUT2D eigenvalue weighted by atomic mass is 10.00. The Hall–Kier alpha value is -0.850. The summed E-state index contributed by atoms with van der Waals surface area (Å²) in [5.74, 6) is -0.0168. The van der Waals surface area contributed by atoms with Crippen molar-refractivity contribution in [3.8, 4) is 0 Å². The largest absolute Gasteiger partial charge is 0.206 e. The SMILES string of the molecule is CCc1ccc(C)c(F)c1CC. The van der Waals surface area contributed by atoms with Crippen LogP contribution >= 0.6 is 0 Å². The van der Waals surface area contributed by atoms with Crippen LogP contribution in [-0.2, 0) is 12.8 Å². The molecule has 0 aliphatic carbocycles. The third kappa shape index (κ3) is 1.50. The number of halogens is 1. The Balaban J connectivity index is 3.25. The van der Waals surface area contributed by atoms with Gasteiger partial charge in [-0.05, 0) is 36.5 Å². The number of hydrogen-bond acceptors (Lipinski definition) is 0. The van der Waals surface area contributed by atoms with Crippen LogP contribution in [0.25, 0.3) is 0 Å². The Morgan fingerprint density at radius 1 is 1.17 bits per heavy atom. The minimum Gasteiger partial charge on any atom is -0.206 e. The zero-order chi connectivity index (χ0) is 9.14. The van der Waals surface area contributed by atoms with Crippen LogP contribution in [0.5, 0.6) is 0 Å². The molecule has 1 aromatic carbocycles. The van der Waals surface area contributed by atoms with Gasteiger partial charge >= 0.3 is 0 Å². The van der Waals surface area contributed by atoms with Gasteiger partial charge in [0.25, 0.3) is 0 Å². The van der Waals surface area contributed by atoms with Gasteiger partial charge < -0.3 is 0 Å². The standard InChI is InChI=1S/C11H15F/c1-4-9-7-6-8(3)11(12)10(9)5-2/h6-7H,4-5H2,1-3H3. The van der Waals surface area contributed by atoms with Crippen LogP contribution in [0.1, 0.15) is 30.5 Å². The third-order valence-electron chi connectivity index (χ3n) is 2.27. The van der Waals surface area contributed by atoms with E-state index in [9.17, 15) is 4.39 Å². The molecule has 0 radical (unpaired) electrons. The van der Waals surface area contributed by atoms with Gasteiger partial charge in [-0.25, -0.2) is 4.39 Å². The molecule has 0 saturated carbocycles. The van der Waals surface area contributed by atoms with Gasteiger partial charge in [-0.1, -0.05) is 26.0 Å². The van der Waals surface area contributed by atoms with E-state index in [2.05, 4.69) is 6.92 Å². The van der Waals surface area contributed by atoms with E-state index in [-0.39, 0.29) is 5.82 Å². The summed E-state index contributed by atoms with van der Waals surface area (Å²) in [5.41, 5.74) is 2.78. The molecule has 0 nitrogen and oxygen atoms in total. The lowest BCUT2D eigenvalue weighted by Crippen LogP contribution is -1.97. The number of benzene rings is 1. The molecule has 0 fully saturated rings. The van der Waals surface area contributed by atoms with Gasteiger partial charge in [-0.15, -0.1) is 0 Å². The average Bonchev–Trinajstić information content (AvgIpc) is 2.09. The first kappa shape index (κ1) is 9.24. The minimum atomic E-state index is -0.0168. The van der Waals surface area contributed by atoms with E-state index in [0.717, 1.165) is 29.5 Å². The molecule has 12 heavy (non-hydrogen) atoms. The van der Waals surface area contributed by atoms with Crippen LogP contribution < -0.4 is 0 Å². The Morgan fingerprint density at radius 2 is 1.83 bits per heavy atom. The van der Waals surface area contributed by atoms with Crippen LogP contribution in [0.2, 0.25) is 0 Å². The molecule has 0 atom stereocenters. The summed E-state index contributed by atoms with van der Waals surface area (Å²) in [6, 6.07) is 3.88. The summed E-state index contributed by atoms with van der Waals surface area (Å²) in [6.45, 7) is 5.87. The van der Waals surface area contributed by atoms with E-state index < -0.39 is 0 Å². The molecule has 0 spiro atoms. The van der Waals surface area contributed by atoms with Crippen LogP contribution in [0.4, 0.5) is 4.39 Å². The molecule has 0 N–H and O–H groups in total. The number of rotatable bonds is 2. The lowest BCUT2D eigenvalue weighted by molar-refractivity contribution is 0.600. The second-order valence-corrected chi connectivity index (χ2v) is 3.04. The molecule has 1 heteroatoms. The Kier molecular flexibility index (Phi) is 2.85. The van der Waals surface area contributed by atoms with Gasteiger partial charge in [0.15, 0.2) is 0 Å². The van der Waals surface area contributed by atoms with E-state index in [1.54, 1.807) is 0 Å². The first-order valence-electron chi connectivity index (χ1n) is 4.47. The molecule has 0 bridgehead atoms. The van der Waals surface area contributed by atoms with E-state index in [4.69, 9.17) is 0 Å². The summed E-state index contributed by atoms with van der Waals surface area (Å²) in [7, 11) is 0. The lowest BCUT2D eigenvalue weighted by Gasteiger charge is -2.08. The first-order valence-corrected chi connectivity index (χ1v) is 4.47. The summed E-state index contributed by atoms with van der Waals surface area (Å²) < 4.78 is 13.4. The van der Waals surface area contributed by atoms with Crippen LogP contribution in [0.3, 0.4) is 0 Å². The maximum Gasteiger partial charge on any atom is 0.129 e. The predicted octanol–water partition coefficient (Wildman–Crippen LogP) is 3.26. The minimum absolute atomic E-state index is 0.0168. The van der Waals surface area contributed by atoms with Crippen molar-refractivity contribution in [1.29, 1.82) is 0 Å². The Labute approximate surface area is 73.4 Å². The van der Waals surface area contributed by atoms with Gasteiger partial charge in [-0.2, -0.15) is 0 Å². The predicted molar refractivity (Wildman–Crippen MR) is 49.9 cm³/mol. The molecule has 1 rings (SSSR count). The fraction of sp³-hybridized carbons (Fsp3) is 0.455. The summed E-state index contributed by atoms with van der Waals surface area (Å²) in [5, 5.41) is 0. The molecule has 0 heterocycles. The van der Waals surface area contributed by atoms with Crippen molar-refractivity contribution in [1.82, 2.24) is 0 Å². The van der Waals surface area contributed by atoms with Crippen LogP contribution in [0.15, 0.2) is 12.1 Å². The highest BCUT2D eigenvalue weighted by Crippen LogP contribution is 2.18. The zero-order valence-electron chi connectivity index (χ0n) is 7.95. The molecular weight excluding hydrogens is 151 g/mol. The van der Waals surface area contributed by atoms with Crippen molar-refractivity contribution in [2.24, 2.45) is 0 Å². The number of aryl methyl sites for hydroxylation is 2. The highest BCUT2D eigenvalue weighted by Gasteiger charge is 2.07. The number of hydrogen-bond donors (Lipinski definition) is 0. The van der Waals surface area contributed by atoms with E-state index in [1.807, 2.05) is 26.0 Å². The van der Waals surface area contributed by atoms with Gasteiger partial charge in [-0.3, -0.25) is 0 Å². The highest BCUT2D eigenvalue weighted by molar-refractivity contribution is 5.33. The molecule has 0 saturated heterocycles. The second kappa shape index (κ2) is 3.70. The van der Waals surface area contributed by atoms with Crippen molar-refractivity contribution in [3.05, 3.63) is 34.6 Å². The van der Waals surface area contributed by atoms with Gasteiger partial charge in [0.1, 0.15) is 5.82 Å².